The fraction of sp³-hybridized carbons (Fsp3) is 0.368. The number of alkyl halides is 1. The van der Waals surface area contributed by atoms with Crippen molar-refractivity contribution in [3.8, 4) is 5.75 Å². The summed E-state index contributed by atoms with van der Waals surface area (Å²) in [4.78, 5) is 0. The first kappa shape index (κ1) is 15.0. The van der Waals surface area contributed by atoms with E-state index in [1.807, 2.05) is 30.3 Å². The first-order chi connectivity index (χ1) is 10.7. The Bertz CT molecular complexity index is 597. The molecule has 0 saturated heterocycles. The van der Waals surface area contributed by atoms with Crippen LogP contribution in [0.1, 0.15) is 36.8 Å². The van der Waals surface area contributed by atoms with Gasteiger partial charge in [-0.1, -0.05) is 55.3 Å². The Kier molecular flexibility index (Phi) is 4.44. The lowest BCUT2D eigenvalue weighted by Gasteiger charge is -2.35. The number of benzene rings is 2. The van der Waals surface area contributed by atoms with E-state index in [1.54, 1.807) is 24.3 Å². The van der Waals surface area contributed by atoms with Crippen molar-refractivity contribution in [3.63, 3.8) is 0 Å². The predicted octanol–water partition coefficient (Wildman–Crippen LogP) is 4.37. The van der Waals surface area contributed by atoms with Crippen LogP contribution in [-0.4, -0.2) is 11.3 Å². The van der Waals surface area contributed by atoms with Crippen LogP contribution in [0.25, 0.3) is 0 Å². The van der Waals surface area contributed by atoms with Crippen molar-refractivity contribution in [2.45, 2.75) is 44.1 Å². The third-order valence-electron chi connectivity index (χ3n) is 4.39. The summed E-state index contributed by atoms with van der Waals surface area (Å²) in [5.41, 5.74) is 0.406. The van der Waals surface area contributed by atoms with Gasteiger partial charge in [-0.25, -0.2) is 4.39 Å². The van der Waals surface area contributed by atoms with Gasteiger partial charge in [-0.05, 0) is 36.1 Å². The third-order valence-corrected chi connectivity index (χ3v) is 4.39. The summed E-state index contributed by atoms with van der Waals surface area (Å²) in [5, 5.41) is 10.6. The highest BCUT2D eigenvalue weighted by molar-refractivity contribution is 5.32. The zero-order valence-corrected chi connectivity index (χ0v) is 12.5. The lowest BCUT2D eigenvalue weighted by atomic mass is 9.78. The van der Waals surface area contributed by atoms with Crippen LogP contribution in [0.15, 0.2) is 54.6 Å². The van der Waals surface area contributed by atoms with Crippen LogP contribution in [0.5, 0.6) is 5.75 Å². The first-order valence-electron chi connectivity index (χ1n) is 7.82. The maximum atomic E-state index is 14.1. The molecule has 3 heteroatoms. The van der Waals surface area contributed by atoms with E-state index in [1.165, 1.54) is 0 Å². The molecule has 0 unspecified atom stereocenters. The Morgan fingerprint density at radius 2 is 1.77 bits per heavy atom. The molecular formula is C19H21FO2. The van der Waals surface area contributed by atoms with Crippen molar-refractivity contribution in [2.24, 2.45) is 0 Å². The van der Waals surface area contributed by atoms with Crippen LogP contribution in [0, 0.1) is 0 Å². The van der Waals surface area contributed by atoms with E-state index in [2.05, 4.69) is 0 Å². The third kappa shape index (κ3) is 3.14. The number of hydrogen-bond acceptors (Lipinski definition) is 2. The molecule has 116 valence electrons. The fourth-order valence-corrected chi connectivity index (χ4v) is 3.02. The molecule has 3 rings (SSSR count). The average molecular weight is 300 g/mol. The minimum absolute atomic E-state index is 0.433. The van der Waals surface area contributed by atoms with Gasteiger partial charge in [0, 0.05) is 0 Å². The van der Waals surface area contributed by atoms with Crippen LogP contribution in [0.4, 0.5) is 4.39 Å². The molecule has 0 amide bonds. The van der Waals surface area contributed by atoms with Gasteiger partial charge in [0.05, 0.1) is 0 Å². The fourth-order valence-electron chi connectivity index (χ4n) is 3.02. The quantitative estimate of drug-likeness (QED) is 0.908. The van der Waals surface area contributed by atoms with Gasteiger partial charge in [-0.3, -0.25) is 0 Å². The Morgan fingerprint density at radius 1 is 1.05 bits per heavy atom. The molecule has 0 spiro atoms. The van der Waals surface area contributed by atoms with Gasteiger partial charge in [0.1, 0.15) is 24.1 Å². The summed E-state index contributed by atoms with van der Waals surface area (Å²) < 4.78 is 19.8. The van der Waals surface area contributed by atoms with Crippen molar-refractivity contribution in [1.82, 2.24) is 0 Å². The normalized spacial score (nSPS) is 24.9. The maximum absolute atomic E-state index is 14.1. The molecule has 1 saturated carbocycles. The molecule has 1 fully saturated rings. The molecule has 1 N–H and O–H groups in total. The van der Waals surface area contributed by atoms with E-state index in [-0.39, 0.29) is 0 Å². The van der Waals surface area contributed by atoms with E-state index < -0.39 is 11.8 Å². The molecular weight excluding hydrogens is 279 g/mol. The Morgan fingerprint density at radius 3 is 2.45 bits per heavy atom. The van der Waals surface area contributed by atoms with Crippen molar-refractivity contribution in [2.75, 3.05) is 0 Å². The van der Waals surface area contributed by atoms with E-state index >= 15 is 0 Å². The topological polar surface area (TPSA) is 29.5 Å². The highest BCUT2D eigenvalue weighted by atomic mass is 19.1. The largest absolute Gasteiger partial charge is 0.489 e. The molecule has 1 aliphatic rings. The number of hydrogen-bond donors (Lipinski definition) is 1. The summed E-state index contributed by atoms with van der Waals surface area (Å²) in [6.07, 6.45) is 1.45. The number of halogens is 1. The lowest BCUT2D eigenvalue weighted by Crippen LogP contribution is -2.39. The van der Waals surface area contributed by atoms with Gasteiger partial charge >= 0.3 is 0 Å². The molecule has 2 aromatic carbocycles. The number of aliphatic hydroxyl groups is 1. The smallest absolute Gasteiger partial charge is 0.133 e. The Hall–Kier alpha value is -1.87. The van der Waals surface area contributed by atoms with Gasteiger partial charge < -0.3 is 9.84 Å². The van der Waals surface area contributed by atoms with Gasteiger partial charge in [0.2, 0.25) is 0 Å². The van der Waals surface area contributed by atoms with E-state index in [4.69, 9.17) is 4.74 Å². The van der Waals surface area contributed by atoms with E-state index in [0.717, 1.165) is 24.2 Å². The standard InChI is InChI=1S/C19H21FO2/c20-18-8-4-5-13-19(18,21)16-9-11-17(12-10-16)22-14-15-6-2-1-3-7-15/h1-3,6-7,9-12,18,21H,4-5,8,13-14H2/t18-,19-/m1/s1. The Balaban J connectivity index is 1.67. The van der Waals surface area contributed by atoms with E-state index in [0.29, 0.717) is 25.0 Å². The second-order valence-electron chi connectivity index (χ2n) is 5.94. The Labute approximate surface area is 130 Å². The van der Waals surface area contributed by atoms with Gasteiger partial charge in [0.15, 0.2) is 0 Å². The second-order valence-corrected chi connectivity index (χ2v) is 5.94. The maximum Gasteiger partial charge on any atom is 0.133 e. The van der Waals surface area contributed by atoms with Crippen molar-refractivity contribution in [3.05, 3.63) is 65.7 Å². The molecule has 0 bridgehead atoms. The van der Waals surface area contributed by atoms with Gasteiger partial charge in [0.25, 0.3) is 0 Å². The second kappa shape index (κ2) is 6.49. The molecule has 2 aromatic rings. The summed E-state index contributed by atoms with van der Waals surface area (Å²) in [7, 11) is 0. The summed E-state index contributed by atoms with van der Waals surface area (Å²) in [6, 6.07) is 17.1. The van der Waals surface area contributed by atoms with Crippen LogP contribution in [0.3, 0.4) is 0 Å². The van der Waals surface area contributed by atoms with Crippen molar-refractivity contribution < 1.29 is 14.2 Å². The summed E-state index contributed by atoms with van der Waals surface area (Å²) in [5.74, 6) is 0.724. The van der Waals surface area contributed by atoms with Crippen LogP contribution in [0.2, 0.25) is 0 Å². The molecule has 22 heavy (non-hydrogen) atoms. The highest BCUT2D eigenvalue weighted by Crippen LogP contribution is 2.39. The minimum atomic E-state index is -1.34. The lowest BCUT2D eigenvalue weighted by molar-refractivity contribution is -0.0685. The monoisotopic (exact) mass is 300 g/mol. The van der Waals surface area contributed by atoms with E-state index in [9.17, 15) is 9.50 Å². The zero-order valence-electron chi connectivity index (χ0n) is 12.5. The molecule has 0 heterocycles. The molecule has 1 aliphatic carbocycles. The average Bonchev–Trinajstić information content (AvgIpc) is 2.57. The molecule has 2 nitrogen and oxygen atoms in total. The van der Waals surface area contributed by atoms with Crippen molar-refractivity contribution >= 4 is 0 Å². The predicted molar refractivity (Wildman–Crippen MR) is 84.5 cm³/mol. The summed E-state index contributed by atoms with van der Waals surface area (Å²) >= 11 is 0. The first-order valence-corrected chi connectivity index (χ1v) is 7.82. The van der Waals surface area contributed by atoms with Crippen molar-refractivity contribution in [1.29, 1.82) is 0 Å². The molecule has 0 radical (unpaired) electrons. The van der Waals surface area contributed by atoms with Gasteiger partial charge in [-0.2, -0.15) is 0 Å². The van der Waals surface area contributed by atoms with Crippen LogP contribution >= 0.6 is 0 Å². The van der Waals surface area contributed by atoms with Gasteiger partial charge in [-0.15, -0.1) is 0 Å². The molecule has 2 atom stereocenters. The number of ether oxygens (including phenoxy) is 1. The minimum Gasteiger partial charge on any atom is -0.489 e. The van der Waals surface area contributed by atoms with Crippen LogP contribution < -0.4 is 4.74 Å². The number of rotatable bonds is 4. The summed E-state index contributed by atoms with van der Waals surface area (Å²) in [6.45, 7) is 0.496. The highest BCUT2D eigenvalue weighted by Gasteiger charge is 2.40. The zero-order chi connectivity index (χ0) is 15.4. The molecule has 0 aromatic heterocycles. The molecule has 0 aliphatic heterocycles. The van der Waals surface area contributed by atoms with Crippen LogP contribution in [-0.2, 0) is 12.2 Å². The SMILES string of the molecule is O[C@@]1(c2ccc(OCc3ccccc3)cc2)CCCC[C@H]1F.